The average Bonchev–Trinajstić information content (AvgIpc) is 2.51. The lowest BCUT2D eigenvalue weighted by atomic mass is 9.92. The van der Waals surface area contributed by atoms with Crippen LogP contribution in [0.15, 0.2) is 12.1 Å². The second-order valence-corrected chi connectivity index (χ2v) is 4.67. The second-order valence-electron chi connectivity index (χ2n) is 4.67. The number of methoxy groups -OCH3 is 2. The normalized spacial score (nSPS) is 13.2. The van der Waals surface area contributed by atoms with Crippen molar-refractivity contribution in [2.45, 2.75) is 13.2 Å². The van der Waals surface area contributed by atoms with Crippen LogP contribution in [0.25, 0.3) is 10.8 Å². The van der Waals surface area contributed by atoms with Crippen molar-refractivity contribution in [3.8, 4) is 17.2 Å². The van der Waals surface area contributed by atoms with Crippen LogP contribution in [0.1, 0.15) is 21.5 Å². The van der Waals surface area contributed by atoms with Crippen molar-refractivity contribution in [2.75, 3.05) is 14.2 Å². The van der Waals surface area contributed by atoms with Crippen LogP contribution < -0.4 is 9.47 Å². The SMILES string of the molecule is COc1cc(O)c2c(CO)cc(OC)c3c2c1COC3=O. The van der Waals surface area contributed by atoms with E-state index in [0.29, 0.717) is 33.4 Å². The Hall–Kier alpha value is -2.47. The number of phenols is 1. The van der Waals surface area contributed by atoms with E-state index in [4.69, 9.17) is 14.2 Å². The van der Waals surface area contributed by atoms with Crippen molar-refractivity contribution in [3.05, 3.63) is 28.8 Å². The fraction of sp³-hybridized carbons (Fsp3) is 0.267. The summed E-state index contributed by atoms with van der Waals surface area (Å²) in [7, 11) is 2.90. The maximum absolute atomic E-state index is 12.1. The molecule has 0 fully saturated rings. The summed E-state index contributed by atoms with van der Waals surface area (Å²) in [5.74, 6) is 0.130. The van der Waals surface area contributed by atoms with Gasteiger partial charge in [0, 0.05) is 22.4 Å². The number of esters is 1. The standard InChI is InChI=1S/C15H14O6/c1-19-10-4-9(17)12-7(5-16)3-11(20-2)14-13(12)8(10)6-21-15(14)18/h3-4,16-17H,5-6H2,1-2H3. The van der Waals surface area contributed by atoms with Gasteiger partial charge in [-0.2, -0.15) is 0 Å². The van der Waals surface area contributed by atoms with Crippen molar-refractivity contribution in [2.24, 2.45) is 0 Å². The zero-order valence-electron chi connectivity index (χ0n) is 11.6. The number of cyclic esters (lactones) is 1. The zero-order chi connectivity index (χ0) is 15.1. The maximum atomic E-state index is 12.1. The van der Waals surface area contributed by atoms with Crippen LogP contribution in [0.3, 0.4) is 0 Å². The van der Waals surface area contributed by atoms with E-state index in [-0.39, 0.29) is 24.5 Å². The third kappa shape index (κ3) is 1.80. The van der Waals surface area contributed by atoms with Gasteiger partial charge in [0.2, 0.25) is 0 Å². The lowest BCUT2D eigenvalue weighted by Gasteiger charge is -2.23. The van der Waals surface area contributed by atoms with E-state index >= 15 is 0 Å². The van der Waals surface area contributed by atoms with E-state index < -0.39 is 5.97 Å². The van der Waals surface area contributed by atoms with Crippen molar-refractivity contribution in [1.29, 1.82) is 0 Å². The highest BCUT2D eigenvalue weighted by Gasteiger charge is 2.30. The summed E-state index contributed by atoms with van der Waals surface area (Å²) < 4.78 is 15.6. The number of aliphatic hydroxyl groups excluding tert-OH is 1. The van der Waals surface area contributed by atoms with Gasteiger partial charge in [-0.1, -0.05) is 0 Å². The molecule has 2 aromatic carbocycles. The molecule has 1 heterocycles. The smallest absolute Gasteiger partial charge is 0.342 e. The number of phenolic OH excluding ortho intramolecular Hbond substituents is 1. The Labute approximate surface area is 120 Å². The summed E-state index contributed by atoms with van der Waals surface area (Å²) in [6.45, 7) is -0.245. The molecule has 2 N–H and O–H groups in total. The molecule has 0 bridgehead atoms. The number of carbonyl (C=O) groups is 1. The fourth-order valence-electron chi connectivity index (χ4n) is 2.74. The molecular weight excluding hydrogens is 276 g/mol. The molecule has 0 aliphatic carbocycles. The first-order chi connectivity index (χ1) is 10.1. The molecule has 0 spiro atoms. The summed E-state index contributed by atoms with van der Waals surface area (Å²) in [5, 5.41) is 20.7. The number of hydrogen-bond acceptors (Lipinski definition) is 6. The van der Waals surface area contributed by atoms with Crippen molar-refractivity contribution in [3.63, 3.8) is 0 Å². The predicted molar refractivity (Wildman–Crippen MR) is 73.8 cm³/mol. The first-order valence-electron chi connectivity index (χ1n) is 6.32. The summed E-state index contributed by atoms with van der Waals surface area (Å²) in [6.07, 6.45) is 0. The highest BCUT2D eigenvalue weighted by atomic mass is 16.5. The Bertz CT molecular complexity index is 750. The Kier molecular flexibility index (Phi) is 3.10. The summed E-state index contributed by atoms with van der Waals surface area (Å²) >= 11 is 0. The largest absolute Gasteiger partial charge is 0.507 e. The molecular formula is C15H14O6. The van der Waals surface area contributed by atoms with Gasteiger partial charge in [-0.3, -0.25) is 0 Å². The Morgan fingerprint density at radius 1 is 1.19 bits per heavy atom. The number of benzene rings is 2. The van der Waals surface area contributed by atoms with Crippen LogP contribution >= 0.6 is 0 Å². The molecule has 6 nitrogen and oxygen atoms in total. The minimum absolute atomic E-state index is 0.0455. The Morgan fingerprint density at radius 2 is 1.90 bits per heavy atom. The fourth-order valence-corrected chi connectivity index (χ4v) is 2.74. The molecule has 1 aliphatic rings. The monoisotopic (exact) mass is 290 g/mol. The van der Waals surface area contributed by atoms with E-state index in [9.17, 15) is 15.0 Å². The maximum Gasteiger partial charge on any atom is 0.342 e. The molecule has 0 saturated heterocycles. The van der Waals surface area contributed by atoms with E-state index in [1.165, 1.54) is 26.4 Å². The van der Waals surface area contributed by atoms with Gasteiger partial charge in [-0.05, 0) is 11.6 Å². The van der Waals surface area contributed by atoms with Gasteiger partial charge in [-0.25, -0.2) is 4.79 Å². The zero-order valence-corrected chi connectivity index (χ0v) is 11.6. The molecule has 21 heavy (non-hydrogen) atoms. The lowest BCUT2D eigenvalue weighted by molar-refractivity contribution is 0.0456. The van der Waals surface area contributed by atoms with Crippen LogP contribution in [-0.2, 0) is 18.0 Å². The van der Waals surface area contributed by atoms with Gasteiger partial charge in [0.1, 0.15) is 29.4 Å². The predicted octanol–water partition coefficient (Wildman–Crippen LogP) is 1.73. The molecule has 1 aliphatic heterocycles. The summed E-state index contributed by atoms with van der Waals surface area (Å²) in [5.41, 5.74) is 1.36. The van der Waals surface area contributed by atoms with Gasteiger partial charge in [0.25, 0.3) is 0 Å². The van der Waals surface area contributed by atoms with Gasteiger partial charge in [-0.15, -0.1) is 0 Å². The number of rotatable bonds is 3. The van der Waals surface area contributed by atoms with Crippen molar-refractivity contribution in [1.82, 2.24) is 0 Å². The molecule has 3 rings (SSSR count). The summed E-state index contributed by atoms with van der Waals surface area (Å²) in [4.78, 5) is 12.1. The molecule has 6 heteroatoms. The molecule has 0 amide bonds. The highest BCUT2D eigenvalue weighted by Crippen LogP contribution is 2.44. The molecule has 0 saturated carbocycles. The van der Waals surface area contributed by atoms with Gasteiger partial charge >= 0.3 is 5.97 Å². The van der Waals surface area contributed by atoms with E-state index in [1.807, 2.05) is 0 Å². The number of hydrogen-bond donors (Lipinski definition) is 2. The summed E-state index contributed by atoms with van der Waals surface area (Å²) in [6, 6.07) is 2.98. The Balaban J connectivity index is 2.56. The Morgan fingerprint density at radius 3 is 2.52 bits per heavy atom. The van der Waals surface area contributed by atoms with Gasteiger partial charge in [0.05, 0.1) is 20.8 Å². The van der Waals surface area contributed by atoms with E-state index in [2.05, 4.69) is 0 Å². The van der Waals surface area contributed by atoms with Crippen LogP contribution in [0.5, 0.6) is 17.2 Å². The molecule has 110 valence electrons. The second kappa shape index (κ2) is 4.82. The van der Waals surface area contributed by atoms with Crippen LogP contribution in [0.2, 0.25) is 0 Å². The van der Waals surface area contributed by atoms with Crippen molar-refractivity contribution < 1.29 is 29.2 Å². The van der Waals surface area contributed by atoms with Crippen LogP contribution in [0, 0.1) is 0 Å². The topological polar surface area (TPSA) is 85.2 Å². The number of aromatic hydroxyl groups is 1. The minimum Gasteiger partial charge on any atom is -0.507 e. The minimum atomic E-state index is -0.526. The van der Waals surface area contributed by atoms with Crippen molar-refractivity contribution >= 4 is 16.7 Å². The molecule has 0 aromatic heterocycles. The molecule has 0 unspecified atom stereocenters. The first-order valence-corrected chi connectivity index (χ1v) is 6.32. The van der Waals surface area contributed by atoms with Gasteiger partial charge < -0.3 is 24.4 Å². The highest BCUT2D eigenvalue weighted by molar-refractivity contribution is 6.13. The van der Waals surface area contributed by atoms with Crippen LogP contribution in [0.4, 0.5) is 0 Å². The first kappa shape index (κ1) is 13.5. The lowest BCUT2D eigenvalue weighted by Crippen LogP contribution is -2.16. The number of ether oxygens (including phenoxy) is 3. The van der Waals surface area contributed by atoms with E-state index in [1.54, 1.807) is 0 Å². The third-order valence-electron chi connectivity index (χ3n) is 3.66. The average molecular weight is 290 g/mol. The quantitative estimate of drug-likeness (QED) is 0.837. The van der Waals surface area contributed by atoms with Crippen LogP contribution in [-0.4, -0.2) is 30.4 Å². The molecule has 0 atom stereocenters. The van der Waals surface area contributed by atoms with Gasteiger partial charge in [0.15, 0.2) is 0 Å². The number of carbonyl (C=O) groups excluding carboxylic acids is 1. The van der Waals surface area contributed by atoms with E-state index in [0.717, 1.165) is 0 Å². The molecule has 0 radical (unpaired) electrons. The number of aliphatic hydroxyl groups is 1. The third-order valence-corrected chi connectivity index (χ3v) is 3.66. The molecule has 2 aromatic rings.